The minimum absolute atomic E-state index is 0.00354. The molecule has 2 fully saturated rings. The van der Waals surface area contributed by atoms with Gasteiger partial charge in [0.2, 0.25) is 0 Å². The largest absolute Gasteiger partial charge is 0.483 e. The van der Waals surface area contributed by atoms with Crippen LogP contribution in [0.1, 0.15) is 43.7 Å². The van der Waals surface area contributed by atoms with Gasteiger partial charge in [-0.05, 0) is 75.0 Å². The van der Waals surface area contributed by atoms with Gasteiger partial charge >= 0.3 is 0 Å². The molecular formula is C19H27NO2. The Kier molecular flexibility index (Phi) is 4.42. The summed E-state index contributed by atoms with van der Waals surface area (Å²) in [5.74, 6) is 3.23. The number of nitrogens with one attached hydrogen (secondary N) is 1. The second kappa shape index (κ2) is 6.31. The predicted molar refractivity (Wildman–Crippen MR) is 88.0 cm³/mol. The third-order valence-electron chi connectivity index (χ3n) is 5.74. The van der Waals surface area contributed by atoms with Crippen LogP contribution in [0.15, 0.2) is 18.2 Å². The molecule has 3 nitrogen and oxygen atoms in total. The van der Waals surface area contributed by atoms with E-state index in [1.165, 1.54) is 31.2 Å². The molecule has 4 unspecified atom stereocenters. The zero-order valence-corrected chi connectivity index (χ0v) is 13.9. The van der Waals surface area contributed by atoms with Gasteiger partial charge in [0.25, 0.3) is 5.91 Å². The van der Waals surface area contributed by atoms with E-state index in [9.17, 15) is 4.79 Å². The van der Waals surface area contributed by atoms with E-state index in [0.29, 0.717) is 5.92 Å². The second-order valence-electron chi connectivity index (χ2n) is 7.18. The van der Waals surface area contributed by atoms with Crippen LogP contribution in [0.4, 0.5) is 0 Å². The van der Waals surface area contributed by atoms with Crippen molar-refractivity contribution < 1.29 is 9.53 Å². The highest BCUT2D eigenvalue weighted by molar-refractivity contribution is 5.77. The Morgan fingerprint density at radius 1 is 1.32 bits per heavy atom. The molecule has 3 rings (SSSR count). The fraction of sp³-hybridized carbons (Fsp3) is 0.632. The highest BCUT2D eigenvalue weighted by Crippen LogP contribution is 2.49. The Hall–Kier alpha value is -1.51. The smallest absolute Gasteiger partial charge is 0.258 e. The summed E-state index contributed by atoms with van der Waals surface area (Å²) in [7, 11) is 0. The van der Waals surface area contributed by atoms with Crippen molar-refractivity contribution in [1.82, 2.24) is 5.32 Å². The van der Waals surface area contributed by atoms with Crippen LogP contribution in [-0.2, 0) is 4.79 Å². The third kappa shape index (κ3) is 3.13. The number of benzene rings is 1. The van der Waals surface area contributed by atoms with Gasteiger partial charge in [0, 0.05) is 6.04 Å². The molecule has 22 heavy (non-hydrogen) atoms. The minimum Gasteiger partial charge on any atom is -0.483 e. The van der Waals surface area contributed by atoms with E-state index in [1.54, 1.807) is 0 Å². The molecule has 4 atom stereocenters. The summed E-state index contributed by atoms with van der Waals surface area (Å²) < 4.78 is 5.69. The predicted octanol–water partition coefficient (Wildman–Crippen LogP) is 3.62. The SMILES string of the molecule is Cc1cccc(OCC(=O)NC(C)C2CC3CCC2C3)c1C. The van der Waals surface area contributed by atoms with Gasteiger partial charge in [0.05, 0.1) is 0 Å². The summed E-state index contributed by atoms with van der Waals surface area (Å²) in [5, 5.41) is 3.15. The molecule has 1 N–H and O–H groups in total. The first-order valence-corrected chi connectivity index (χ1v) is 8.53. The molecule has 0 saturated heterocycles. The number of aryl methyl sites for hydroxylation is 1. The van der Waals surface area contributed by atoms with Gasteiger partial charge in [-0.15, -0.1) is 0 Å². The van der Waals surface area contributed by atoms with Gasteiger partial charge < -0.3 is 10.1 Å². The van der Waals surface area contributed by atoms with Gasteiger partial charge in [-0.1, -0.05) is 18.6 Å². The van der Waals surface area contributed by atoms with Crippen LogP contribution >= 0.6 is 0 Å². The Morgan fingerprint density at radius 3 is 2.82 bits per heavy atom. The van der Waals surface area contributed by atoms with Crippen molar-refractivity contribution in [3.8, 4) is 5.75 Å². The highest BCUT2D eigenvalue weighted by Gasteiger charge is 2.42. The van der Waals surface area contributed by atoms with Gasteiger partial charge in [-0.25, -0.2) is 0 Å². The molecule has 0 aromatic heterocycles. The number of hydrogen-bond acceptors (Lipinski definition) is 2. The number of hydrogen-bond donors (Lipinski definition) is 1. The Balaban J connectivity index is 1.49. The van der Waals surface area contributed by atoms with Gasteiger partial charge in [-0.3, -0.25) is 4.79 Å². The second-order valence-corrected chi connectivity index (χ2v) is 7.18. The van der Waals surface area contributed by atoms with Crippen LogP contribution in [0.5, 0.6) is 5.75 Å². The lowest BCUT2D eigenvalue weighted by Crippen LogP contribution is -2.42. The van der Waals surface area contributed by atoms with Crippen molar-refractivity contribution in [2.45, 2.75) is 52.5 Å². The van der Waals surface area contributed by atoms with E-state index >= 15 is 0 Å². The van der Waals surface area contributed by atoms with Crippen molar-refractivity contribution in [3.05, 3.63) is 29.3 Å². The molecular weight excluding hydrogens is 274 g/mol. The topological polar surface area (TPSA) is 38.3 Å². The summed E-state index contributed by atoms with van der Waals surface area (Å²) >= 11 is 0. The van der Waals surface area contributed by atoms with Crippen molar-refractivity contribution in [2.75, 3.05) is 6.61 Å². The van der Waals surface area contributed by atoms with E-state index in [-0.39, 0.29) is 18.6 Å². The molecule has 0 radical (unpaired) electrons. The minimum atomic E-state index is -0.00354. The molecule has 2 bridgehead atoms. The van der Waals surface area contributed by atoms with Crippen LogP contribution in [0, 0.1) is 31.6 Å². The molecule has 1 amide bonds. The molecule has 1 aromatic carbocycles. The van der Waals surface area contributed by atoms with Crippen molar-refractivity contribution in [3.63, 3.8) is 0 Å². The summed E-state index contributed by atoms with van der Waals surface area (Å²) in [4.78, 5) is 12.1. The molecule has 2 saturated carbocycles. The Labute approximate surface area is 133 Å². The monoisotopic (exact) mass is 301 g/mol. The van der Waals surface area contributed by atoms with E-state index < -0.39 is 0 Å². The van der Waals surface area contributed by atoms with Gasteiger partial charge in [0.1, 0.15) is 5.75 Å². The molecule has 0 heterocycles. The average molecular weight is 301 g/mol. The molecule has 2 aliphatic carbocycles. The first kappa shape index (κ1) is 15.4. The third-order valence-corrected chi connectivity index (χ3v) is 5.74. The number of carbonyl (C=O) groups excluding carboxylic acids is 1. The number of carbonyl (C=O) groups is 1. The lowest BCUT2D eigenvalue weighted by Gasteiger charge is -2.28. The lowest BCUT2D eigenvalue weighted by atomic mass is 9.84. The Morgan fingerprint density at radius 2 is 2.14 bits per heavy atom. The molecule has 0 aliphatic heterocycles. The van der Waals surface area contributed by atoms with Crippen molar-refractivity contribution >= 4 is 5.91 Å². The number of amides is 1. The normalized spacial score (nSPS) is 27.7. The zero-order valence-electron chi connectivity index (χ0n) is 13.9. The maximum atomic E-state index is 12.1. The lowest BCUT2D eigenvalue weighted by molar-refractivity contribution is -0.124. The van der Waals surface area contributed by atoms with Crippen LogP contribution < -0.4 is 10.1 Å². The van der Waals surface area contributed by atoms with Gasteiger partial charge in [-0.2, -0.15) is 0 Å². The highest BCUT2D eigenvalue weighted by atomic mass is 16.5. The fourth-order valence-corrected chi connectivity index (χ4v) is 4.33. The molecule has 3 heteroatoms. The van der Waals surface area contributed by atoms with Crippen LogP contribution in [-0.4, -0.2) is 18.6 Å². The van der Waals surface area contributed by atoms with E-state index in [2.05, 4.69) is 25.2 Å². The molecule has 2 aliphatic rings. The van der Waals surface area contributed by atoms with E-state index in [4.69, 9.17) is 4.74 Å². The first-order valence-electron chi connectivity index (χ1n) is 8.53. The fourth-order valence-electron chi connectivity index (χ4n) is 4.33. The molecule has 0 spiro atoms. The zero-order chi connectivity index (χ0) is 15.7. The molecule has 1 aromatic rings. The van der Waals surface area contributed by atoms with Crippen LogP contribution in [0.25, 0.3) is 0 Å². The number of fused-ring (bicyclic) bond motifs is 2. The first-order chi connectivity index (χ1) is 10.5. The van der Waals surface area contributed by atoms with Crippen LogP contribution in [0.2, 0.25) is 0 Å². The summed E-state index contributed by atoms with van der Waals surface area (Å²) in [6.07, 6.45) is 5.43. The number of rotatable bonds is 5. The van der Waals surface area contributed by atoms with Crippen molar-refractivity contribution in [2.24, 2.45) is 17.8 Å². The quantitative estimate of drug-likeness (QED) is 0.902. The average Bonchev–Trinajstić information content (AvgIpc) is 3.11. The molecule has 120 valence electrons. The summed E-state index contributed by atoms with van der Waals surface area (Å²) in [6, 6.07) is 6.21. The maximum Gasteiger partial charge on any atom is 0.258 e. The van der Waals surface area contributed by atoms with E-state index in [0.717, 1.165) is 23.1 Å². The van der Waals surface area contributed by atoms with E-state index in [1.807, 2.05) is 19.1 Å². The van der Waals surface area contributed by atoms with Crippen molar-refractivity contribution in [1.29, 1.82) is 0 Å². The standard InChI is InChI=1S/C19H27NO2/c1-12-5-4-6-18(13(12)2)22-11-19(21)20-14(3)17-10-15-7-8-16(17)9-15/h4-6,14-17H,7-11H2,1-3H3,(H,20,21). The summed E-state index contributed by atoms with van der Waals surface area (Å²) in [6.45, 7) is 6.34. The summed E-state index contributed by atoms with van der Waals surface area (Å²) in [5.41, 5.74) is 2.30. The Bertz CT molecular complexity index is 554. The van der Waals surface area contributed by atoms with Crippen LogP contribution in [0.3, 0.4) is 0 Å². The number of ether oxygens (including phenoxy) is 1. The maximum absolute atomic E-state index is 12.1. The van der Waals surface area contributed by atoms with Gasteiger partial charge in [0.15, 0.2) is 6.61 Å².